The van der Waals surface area contributed by atoms with Gasteiger partial charge in [0, 0.05) is 23.0 Å². The Bertz CT molecular complexity index is 617. The van der Waals surface area contributed by atoms with Crippen LogP contribution in [0.25, 0.3) is 0 Å². The molecule has 1 aromatic rings. The molecule has 1 aromatic carbocycles. The predicted molar refractivity (Wildman–Crippen MR) is 96.6 cm³/mol. The maximum atomic E-state index is 12.3. The maximum absolute atomic E-state index is 12.3. The van der Waals surface area contributed by atoms with Crippen molar-refractivity contribution < 1.29 is 19.5 Å². The zero-order valence-electron chi connectivity index (χ0n) is 14.1. The SMILES string of the molecule is CCC(=O)c1cc(Br)ccc1NC(=O)N(CCCC(C)C)C(=O)O. The quantitative estimate of drug-likeness (QED) is 0.633. The number of carbonyl (C=O) groups excluding carboxylic acids is 2. The third-order valence-corrected chi connectivity index (χ3v) is 3.98. The van der Waals surface area contributed by atoms with Crippen LogP contribution in [0.2, 0.25) is 0 Å². The van der Waals surface area contributed by atoms with Gasteiger partial charge in [-0.3, -0.25) is 4.79 Å². The van der Waals surface area contributed by atoms with Crippen LogP contribution in [0.1, 0.15) is 50.4 Å². The molecule has 132 valence electrons. The van der Waals surface area contributed by atoms with Crippen molar-refractivity contribution in [1.82, 2.24) is 4.90 Å². The Morgan fingerprint density at radius 1 is 1.29 bits per heavy atom. The lowest BCUT2D eigenvalue weighted by Crippen LogP contribution is -2.40. The van der Waals surface area contributed by atoms with Crippen LogP contribution in [0.15, 0.2) is 22.7 Å². The van der Waals surface area contributed by atoms with E-state index >= 15 is 0 Å². The lowest BCUT2D eigenvalue weighted by molar-refractivity contribution is 0.0989. The van der Waals surface area contributed by atoms with Gasteiger partial charge in [0.25, 0.3) is 0 Å². The first-order valence-corrected chi connectivity index (χ1v) is 8.69. The molecule has 0 bridgehead atoms. The van der Waals surface area contributed by atoms with Crippen molar-refractivity contribution in [2.75, 3.05) is 11.9 Å². The molecular formula is C17H23BrN2O4. The summed E-state index contributed by atoms with van der Waals surface area (Å²) in [6.07, 6.45) is 0.403. The van der Waals surface area contributed by atoms with E-state index in [0.717, 1.165) is 11.3 Å². The zero-order valence-corrected chi connectivity index (χ0v) is 15.7. The van der Waals surface area contributed by atoms with Crippen LogP contribution in [0.5, 0.6) is 0 Å². The molecule has 1 rings (SSSR count). The van der Waals surface area contributed by atoms with Gasteiger partial charge in [-0.25, -0.2) is 14.5 Å². The summed E-state index contributed by atoms with van der Waals surface area (Å²) in [4.78, 5) is 36.4. The second-order valence-electron chi connectivity index (χ2n) is 5.87. The van der Waals surface area contributed by atoms with Gasteiger partial charge < -0.3 is 10.4 Å². The third kappa shape index (κ3) is 5.96. The van der Waals surface area contributed by atoms with E-state index in [1.807, 2.05) is 13.8 Å². The van der Waals surface area contributed by atoms with E-state index in [1.165, 1.54) is 0 Å². The van der Waals surface area contributed by atoms with Gasteiger partial charge in [-0.15, -0.1) is 0 Å². The number of ketones is 1. The lowest BCUT2D eigenvalue weighted by atomic mass is 10.1. The molecule has 24 heavy (non-hydrogen) atoms. The topological polar surface area (TPSA) is 86.7 Å². The predicted octanol–water partition coefficient (Wildman–Crippen LogP) is 4.99. The van der Waals surface area contributed by atoms with E-state index in [9.17, 15) is 19.5 Å². The molecule has 6 nitrogen and oxygen atoms in total. The standard InChI is InChI=1S/C17H23BrN2O4/c1-4-15(21)13-10-12(18)7-8-14(13)19-16(22)20(17(23)24)9-5-6-11(2)3/h7-8,10-11H,4-6,9H2,1-3H3,(H,19,22)(H,23,24). The van der Waals surface area contributed by atoms with Crippen LogP contribution >= 0.6 is 15.9 Å². The monoisotopic (exact) mass is 398 g/mol. The number of halogens is 1. The summed E-state index contributed by atoms with van der Waals surface area (Å²) in [6, 6.07) is 4.13. The van der Waals surface area contributed by atoms with Crippen molar-refractivity contribution >= 4 is 39.5 Å². The molecule has 3 amide bonds. The van der Waals surface area contributed by atoms with Gasteiger partial charge in [-0.1, -0.05) is 36.7 Å². The number of nitrogens with one attached hydrogen (secondary N) is 1. The lowest BCUT2D eigenvalue weighted by Gasteiger charge is -2.19. The van der Waals surface area contributed by atoms with Crippen molar-refractivity contribution in [1.29, 1.82) is 0 Å². The van der Waals surface area contributed by atoms with Gasteiger partial charge in [-0.2, -0.15) is 0 Å². The van der Waals surface area contributed by atoms with Crippen LogP contribution in [0.4, 0.5) is 15.3 Å². The summed E-state index contributed by atoms with van der Waals surface area (Å²) in [5.41, 5.74) is 0.665. The van der Waals surface area contributed by atoms with E-state index in [1.54, 1.807) is 25.1 Å². The Hall–Kier alpha value is -1.89. The fraction of sp³-hybridized carbons (Fsp3) is 0.471. The van der Waals surface area contributed by atoms with Gasteiger partial charge in [0.15, 0.2) is 5.78 Å². The minimum absolute atomic E-state index is 0.118. The summed E-state index contributed by atoms with van der Waals surface area (Å²) >= 11 is 3.29. The number of carbonyl (C=O) groups is 3. The molecule has 0 saturated heterocycles. The average molecular weight is 399 g/mol. The number of amides is 3. The number of hydrogen-bond acceptors (Lipinski definition) is 3. The van der Waals surface area contributed by atoms with E-state index in [0.29, 0.717) is 28.1 Å². The highest BCUT2D eigenvalue weighted by molar-refractivity contribution is 9.10. The normalized spacial score (nSPS) is 10.5. The highest BCUT2D eigenvalue weighted by Gasteiger charge is 2.22. The van der Waals surface area contributed by atoms with E-state index in [2.05, 4.69) is 21.2 Å². The summed E-state index contributed by atoms with van der Waals surface area (Å²) in [6.45, 7) is 5.92. The minimum atomic E-state index is -1.31. The van der Waals surface area contributed by atoms with E-state index in [4.69, 9.17) is 0 Å². The Labute approximate surface area is 150 Å². The Morgan fingerprint density at radius 3 is 2.50 bits per heavy atom. The Morgan fingerprint density at radius 2 is 1.96 bits per heavy atom. The first kappa shape index (κ1) is 20.2. The molecule has 0 radical (unpaired) electrons. The second-order valence-corrected chi connectivity index (χ2v) is 6.78. The molecule has 0 aliphatic carbocycles. The third-order valence-electron chi connectivity index (χ3n) is 3.48. The first-order chi connectivity index (χ1) is 11.3. The molecule has 0 unspecified atom stereocenters. The summed E-state index contributed by atoms with van der Waals surface area (Å²) in [7, 11) is 0. The number of hydrogen-bond donors (Lipinski definition) is 2. The molecule has 0 saturated carbocycles. The number of rotatable bonds is 7. The summed E-state index contributed by atoms with van der Waals surface area (Å²) in [5.74, 6) is 0.303. The number of benzene rings is 1. The Kier molecular flexibility index (Phi) is 7.91. The number of nitrogens with zero attached hydrogens (tertiary/aromatic N) is 1. The fourth-order valence-electron chi connectivity index (χ4n) is 2.17. The second kappa shape index (κ2) is 9.42. The highest BCUT2D eigenvalue weighted by atomic mass is 79.9. The van der Waals surface area contributed by atoms with E-state index < -0.39 is 12.1 Å². The number of urea groups is 1. The van der Waals surface area contributed by atoms with Crippen molar-refractivity contribution in [3.8, 4) is 0 Å². The van der Waals surface area contributed by atoms with Gasteiger partial charge in [0.1, 0.15) is 0 Å². The average Bonchev–Trinajstić information content (AvgIpc) is 2.51. The fourth-order valence-corrected chi connectivity index (χ4v) is 2.53. The van der Waals surface area contributed by atoms with Crippen LogP contribution in [0.3, 0.4) is 0 Å². The van der Waals surface area contributed by atoms with Crippen LogP contribution in [-0.4, -0.2) is 34.5 Å². The van der Waals surface area contributed by atoms with Gasteiger partial charge >= 0.3 is 12.1 Å². The smallest absolute Gasteiger partial charge is 0.415 e. The summed E-state index contributed by atoms with van der Waals surface area (Å²) < 4.78 is 0.712. The summed E-state index contributed by atoms with van der Waals surface area (Å²) in [5, 5.41) is 11.8. The molecule has 0 aliphatic heterocycles. The van der Waals surface area contributed by atoms with Crippen molar-refractivity contribution in [3.63, 3.8) is 0 Å². The van der Waals surface area contributed by atoms with Gasteiger partial charge in [-0.05, 0) is 37.0 Å². The number of imide groups is 1. The van der Waals surface area contributed by atoms with Crippen molar-refractivity contribution in [2.45, 2.75) is 40.0 Å². The molecular weight excluding hydrogens is 376 g/mol. The van der Waals surface area contributed by atoms with Crippen molar-refractivity contribution in [3.05, 3.63) is 28.2 Å². The van der Waals surface area contributed by atoms with E-state index in [-0.39, 0.29) is 18.7 Å². The van der Waals surface area contributed by atoms with Gasteiger partial charge in [0.05, 0.1) is 5.69 Å². The molecule has 2 N–H and O–H groups in total. The van der Waals surface area contributed by atoms with Crippen LogP contribution in [0, 0.1) is 5.92 Å². The Balaban J connectivity index is 2.91. The largest absolute Gasteiger partial charge is 0.465 e. The first-order valence-electron chi connectivity index (χ1n) is 7.90. The van der Waals surface area contributed by atoms with Crippen molar-refractivity contribution in [2.24, 2.45) is 5.92 Å². The molecule has 0 heterocycles. The minimum Gasteiger partial charge on any atom is -0.465 e. The number of carboxylic acid groups (broad SMARTS) is 1. The zero-order chi connectivity index (χ0) is 18.3. The molecule has 0 aromatic heterocycles. The van der Waals surface area contributed by atoms with Gasteiger partial charge in [0.2, 0.25) is 0 Å². The molecule has 0 spiro atoms. The number of anilines is 1. The molecule has 0 atom stereocenters. The number of Topliss-reactive ketones (excluding diaryl/α,β-unsaturated/α-hetero) is 1. The van der Waals surface area contributed by atoms with Crippen LogP contribution in [-0.2, 0) is 0 Å². The maximum Gasteiger partial charge on any atom is 0.415 e. The van der Waals surface area contributed by atoms with Crippen LogP contribution < -0.4 is 5.32 Å². The molecule has 0 fully saturated rings. The molecule has 7 heteroatoms. The molecule has 0 aliphatic rings. The highest BCUT2D eigenvalue weighted by Crippen LogP contribution is 2.23.